The molecule has 1 aromatic rings. The van der Waals surface area contributed by atoms with Gasteiger partial charge in [0.15, 0.2) is 0 Å². The zero-order valence-electron chi connectivity index (χ0n) is 11.4. The topological polar surface area (TPSA) is 43.4 Å². The molecule has 1 rings (SSSR count). The Balaban J connectivity index is 2.63. The maximum atomic E-state index is 12.4. The minimum atomic E-state index is -4.39. The molecule has 0 spiro atoms. The molecule has 0 aromatic heterocycles. The summed E-state index contributed by atoms with van der Waals surface area (Å²) in [5.74, 6) is -0.251. The molecule has 0 aliphatic rings. The average molecular weight is 345 g/mol. The summed E-state index contributed by atoms with van der Waals surface area (Å²) in [6.07, 6.45) is -3.03. The van der Waals surface area contributed by atoms with Crippen LogP contribution in [-0.2, 0) is 15.2 Å². The van der Waals surface area contributed by atoms with E-state index in [4.69, 9.17) is 15.4 Å². The molecule has 0 fully saturated rings. The molecular formula is C13H16ClF3O3S. The van der Waals surface area contributed by atoms with Gasteiger partial charge in [-0.2, -0.15) is 13.2 Å². The Labute approximate surface area is 126 Å². The van der Waals surface area contributed by atoms with Gasteiger partial charge in [0.05, 0.1) is 17.9 Å². The smallest absolute Gasteiger partial charge is 0.416 e. The number of alkyl halides is 3. The lowest BCUT2D eigenvalue weighted by atomic mass is 10.1. The molecule has 0 amide bonds. The highest BCUT2D eigenvalue weighted by Gasteiger charge is 2.30. The van der Waals surface area contributed by atoms with E-state index in [1.165, 1.54) is 12.1 Å². The summed E-state index contributed by atoms with van der Waals surface area (Å²) in [5.41, 5.74) is -0.761. The van der Waals surface area contributed by atoms with Gasteiger partial charge in [0.2, 0.25) is 9.05 Å². The van der Waals surface area contributed by atoms with Crippen LogP contribution in [0.4, 0.5) is 13.2 Å². The molecule has 0 saturated heterocycles. The second-order valence-electron chi connectivity index (χ2n) is 4.69. The van der Waals surface area contributed by atoms with E-state index in [0.29, 0.717) is 6.42 Å². The Morgan fingerprint density at radius 3 is 2.24 bits per heavy atom. The van der Waals surface area contributed by atoms with Crippen LogP contribution in [0.15, 0.2) is 24.3 Å². The van der Waals surface area contributed by atoms with Gasteiger partial charge in [0.25, 0.3) is 0 Å². The van der Waals surface area contributed by atoms with E-state index in [-0.39, 0.29) is 24.0 Å². The van der Waals surface area contributed by atoms with E-state index < -0.39 is 20.8 Å². The number of rotatable bonds is 7. The van der Waals surface area contributed by atoms with Gasteiger partial charge in [-0.05, 0) is 30.7 Å². The monoisotopic (exact) mass is 344 g/mol. The van der Waals surface area contributed by atoms with Crippen LogP contribution in [0.3, 0.4) is 0 Å². The molecule has 0 N–H and O–H groups in total. The van der Waals surface area contributed by atoms with Crippen LogP contribution < -0.4 is 4.74 Å². The van der Waals surface area contributed by atoms with Gasteiger partial charge < -0.3 is 4.74 Å². The number of halogens is 4. The van der Waals surface area contributed by atoms with Crippen LogP contribution >= 0.6 is 10.7 Å². The van der Waals surface area contributed by atoms with Crippen LogP contribution in [0, 0.1) is 5.92 Å². The molecule has 3 nitrogen and oxygen atoms in total. The van der Waals surface area contributed by atoms with Gasteiger partial charge in [0.1, 0.15) is 5.75 Å². The minimum Gasteiger partial charge on any atom is -0.493 e. The van der Waals surface area contributed by atoms with Crippen LogP contribution in [-0.4, -0.2) is 20.8 Å². The van der Waals surface area contributed by atoms with E-state index in [1.807, 2.05) is 6.92 Å². The fourth-order valence-corrected chi connectivity index (χ4v) is 3.22. The first kappa shape index (κ1) is 18.1. The van der Waals surface area contributed by atoms with Crippen molar-refractivity contribution in [2.24, 2.45) is 5.92 Å². The van der Waals surface area contributed by atoms with E-state index in [1.54, 1.807) is 0 Å². The maximum Gasteiger partial charge on any atom is 0.416 e. The van der Waals surface area contributed by atoms with Gasteiger partial charge in [-0.25, -0.2) is 8.42 Å². The third-order valence-corrected chi connectivity index (χ3v) is 4.05. The van der Waals surface area contributed by atoms with Crippen molar-refractivity contribution in [3.8, 4) is 5.75 Å². The molecule has 1 atom stereocenters. The van der Waals surface area contributed by atoms with Crippen LogP contribution in [0.1, 0.15) is 25.3 Å². The van der Waals surface area contributed by atoms with Gasteiger partial charge >= 0.3 is 6.18 Å². The van der Waals surface area contributed by atoms with Gasteiger partial charge in [-0.15, -0.1) is 0 Å². The van der Waals surface area contributed by atoms with Crippen molar-refractivity contribution in [1.29, 1.82) is 0 Å². The summed E-state index contributed by atoms with van der Waals surface area (Å²) in [6, 6.07) is 4.26. The summed E-state index contributed by atoms with van der Waals surface area (Å²) in [7, 11) is 1.58. The lowest BCUT2D eigenvalue weighted by Gasteiger charge is -2.16. The van der Waals surface area contributed by atoms with Crippen molar-refractivity contribution in [3.05, 3.63) is 29.8 Å². The Morgan fingerprint density at radius 1 is 1.24 bits per heavy atom. The SMILES string of the molecule is CCCC(COc1ccc(C(F)(F)F)cc1)CS(=O)(=O)Cl. The molecule has 1 unspecified atom stereocenters. The van der Waals surface area contributed by atoms with Crippen molar-refractivity contribution in [2.45, 2.75) is 25.9 Å². The van der Waals surface area contributed by atoms with Crippen molar-refractivity contribution in [1.82, 2.24) is 0 Å². The number of ether oxygens (including phenoxy) is 1. The second-order valence-corrected chi connectivity index (χ2v) is 7.51. The number of hydrogen-bond donors (Lipinski definition) is 0. The second kappa shape index (κ2) is 7.35. The molecule has 0 aliphatic carbocycles. The highest BCUT2D eigenvalue weighted by Crippen LogP contribution is 2.30. The van der Waals surface area contributed by atoms with Crippen molar-refractivity contribution in [3.63, 3.8) is 0 Å². The van der Waals surface area contributed by atoms with Crippen molar-refractivity contribution in [2.75, 3.05) is 12.4 Å². The molecule has 120 valence electrons. The summed E-state index contributed by atoms with van der Waals surface area (Å²) in [5, 5.41) is 0. The zero-order valence-corrected chi connectivity index (χ0v) is 12.9. The van der Waals surface area contributed by atoms with Gasteiger partial charge in [-0.3, -0.25) is 0 Å². The first-order valence-electron chi connectivity index (χ1n) is 6.34. The van der Waals surface area contributed by atoms with E-state index in [2.05, 4.69) is 0 Å². The molecule has 0 saturated carbocycles. The molecule has 8 heteroatoms. The van der Waals surface area contributed by atoms with E-state index in [0.717, 1.165) is 18.6 Å². The third-order valence-electron chi connectivity index (χ3n) is 2.80. The summed E-state index contributed by atoms with van der Waals surface area (Å²) in [4.78, 5) is 0. The Kier molecular flexibility index (Phi) is 6.34. The third kappa shape index (κ3) is 7.04. The van der Waals surface area contributed by atoms with E-state index in [9.17, 15) is 21.6 Å². The Bertz CT molecular complexity index is 541. The Hall–Kier alpha value is -0.950. The lowest BCUT2D eigenvalue weighted by Crippen LogP contribution is -2.19. The first-order valence-corrected chi connectivity index (χ1v) is 8.82. The fourth-order valence-electron chi connectivity index (χ4n) is 1.86. The molecule has 0 bridgehead atoms. The fraction of sp³-hybridized carbons (Fsp3) is 0.538. The number of hydrogen-bond acceptors (Lipinski definition) is 3. The highest BCUT2D eigenvalue weighted by molar-refractivity contribution is 8.13. The van der Waals surface area contributed by atoms with Crippen LogP contribution in [0.5, 0.6) is 5.75 Å². The molecule has 0 aliphatic heterocycles. The summed E-state index contributed by atoms with van der Waals surface area (Å²) in [6.45, 7) is 1.98. The maximum absolute atomic E-state index is 12.4. The predicted octanol–water partition coefficient (Wildman–Crippen LogP) is 4.07. The quantitative estimate of drug-likeness (QED) is 0.700. The molecule has 1 aromatic carbocycles. The largest absolute Gasteiger partial charge is 0.493 e. The summed E-state index contributed by atoms with van der Waals surface area (Å²) >= 11 is 0. The predicted molar refractivity (Wildman–Crippen MR) is 75.0 cm³/mol. The van der Waals surface area contributed by atoms with Crippen LogP contribution in [0.2, 0.25) is 0 Å². The van der Waals surface area contributed by atoms with Crippen molar-refractivity contribution < 1.29 is 26.3 Å². The van der Waals surface area contributed by atoms with Gasteiger partial charge in [0, 0.05) is 16.6 Å². The Morgan fingerprint density at radius 2 is 1.81 bits per heavy atom. The van der Waals surface area contributed by atoms with Gasteiger partial charge in [-0.1, -0.05) is 13.3 Å². The molecular weight excluding hydrogens is 329 g/mol. The standard InChI is InChI=1S/C13H16ClF3O3S/c1-2-3-10(9-21(14,18)19)8-20-12-6-4-11(5-7-12)13(15,16)17/h4-7,10H,2-3,8-9H2,1H3. The zero-order chi connectivity index (χ0) is 16.1. The molecule has 0 heterocycles. The minimum absolute atomic E-state index is 0.0884. The van der Waals surface area contributed by atoms with E-state index >= 15 is 0 Å². The average Bonchev–Trinajstić information content (AvgIpc) is 2.34. The molecule has 0 radical (unpaired) electrons. The summed E-state index contributed by atoms with van der Waals surface area (Å²) < 4.78 is 64.7. The highest BCUT2D eigenvalue weighted by atomic mass is 35.7. The number of benzene rings is 1. The normalized spacial score (nSPS) is 14.0. The first-order chi connectivity index (χ1) is 9.62. The molecule has 21 heavy (non-hydrogen) atoms. The lowest BCUT2D eigenvalue weighted by molar-refractivity contribution is -0.137. The van der Waals surface area contributed by atoms with Crippen LogP contribution in [0.25, 0.3) is 0 Å². The van der Waals surface area contributed by atoms with Crippen molar-refractivity contribution >= 4 is 19.7 Å².